The fraction of sp³-hybridized carbons (Fsp3) is 0.667. The molecular weight excluding hydrogens is 172 g/mol. The van der Waals surface area contributed by atoms with Gasteiger partial charge < -0.3 is 0 Å². The molecule has 0 bridgehead atoms. The van der Waals surface area contributed by atoms with Crippen LogP contribution in [0.3, 0.4) is 0 Å². The van der Waals surface area contributed by atoms with Gasteiger partial charge in [0, 0.05) is 18.6 Å². The largest absolute Gasteiger partial charge is 0.272 e. The van der Waals surface area contributed by atoms with Crippen LogP contribution in [0.1, 0.15) is 24.7 Å². The van der Waals surface area contributed by atoms with E-state index in [-0.39, 0.29) is 0 Å². The summed E-state index contributed by atoms with van der Waals surface area (Å²) < 4.78 is 1.95. The van der Waals surface area contributed by atoms with Crippen molar-refractivity contribution in [2.75, 3.05) is 5.88 Å². The van der Waals surface area contributed by atoms with Gasteiger partial charge >= 0.3 is 0 Å². The predicted molar refractivity (Wildman–Crippen MR) is 51.6 cm³/mol. The van der Waals surface area contributed by atoms with Crippen LogP contribution in [-0.4, -0.2) is 15.7 Å². The highest BCUT2D eigenvalue weighted by Crippen LogP contribution is 2.06. The Morgan fingerprint density at radius 3 is 2.83 bits per heavy atom. The molecule has 1 aromatic heterocycles. The third-order valence-corrected chi connectivity index (χ3v) is 2.22. The molecule has 0 aliphatic carbocycles. The minimum absolute atomic E-state index is 0.729. The first kappa shape index (κ1) is 9.59. The van der Waals surface area contributed by atoms with Gasteiger partial charge in [0.25, 0.3) is 0 Å². The Morgan fingerprint density at radius 2 is 2.33 bits per heavy atom. The molecule has 0 aliphatic rings. The highest BCUT2D eigenvalue weighted by molar-refractivity contribution is 6.17. The molecule has 0 aliphatic heterocycles. The summed E-state index contributed by atoms with van der Waals surface area (Å²) in [5.74, 6) is 0.729. The maximum atomic E-state index is 5.61. The van der Waals surface area contributed by atoms with Crippen molar-refractivity contribution in [2.45, 2.75) is 26.2 Å². The quantitative estimate of drug-likeness (QED) is 0.659. The minimum atomic E-state index is 0.729. The van der Waals surface area contributed by atoms with E-state index in [9.17, 15) is 0 Å². The summed E-state index contributed by atoms with van der Waals surface area (Å²) in [5, 5.41) is 4.36. The van der Waals surface area contributed by atoms with Crippen LogP contribution in [0.4, 0.5) is 0 Å². The number of aromatic nitrogens is 2. The topological polar surface area (TPSA) is 17.8 Å². The van der Waals surface area contributed by atoms with Crippen LogP contribution in [0.2, 0.25) is 0 Å². The monoisotopic (exact) mass is 186 g/mol. The van der Waals surface area contributed by atoms with Gasteiger partial charge in [-0.15, -0.1) is 11.6 Å². The van der Waals surface area contributed by atoms with Gasteiger partial charge in [-0.3, -0.25) is 4.68 Å². The van der Waals surface area contributed by atoms with E-state index >= 15 is 0 Å². The van der Waals surface area contributed by atoms with Crippen molar-refractivity contribution in [2.24, 2.45) is 7.05 Å². The Hall–Kier alpha value is -0.500. The van der Waals surface area contributed by atoms with Gasteiger partial charge in [-0.25, -0.2) is 0 Å². The maximum Gasteiger partial charge on any atom is 0.0624 e. The molecule has 0 atom stereocenters. The zero-order valence-electron chi connectivity index (χ0n) is 7.68. The summed E-state index contributed by atoms with van der Waals surface area (Å²) in [5.41, 5.74) is 2.45. The summed E-state index contributed by atoms with van der Waals surface area (Å²) in [6.07, 6.45) is 3.08. The second-order valence-corrected chi connectivity index (χ2v) is 3.27. The van der Waals surface area contributed by atoms with E-state index < -0.39 is 0 Å². The Bertz CT molecular complexity index is 243. The number of aryl methyl sites for hydroxylation is 3. The van der Waals surface area contributed by atoms with Crippen molar-refractivity contribution in [1.82, 2.24) is 9.78 Å². The zero-order chi connectivity index (χ0) is 8.97. The van der Waals surface area contributed by atoms with Crippen LogP contribution in [0.15, 0.2) is 6.07 Å². The number of nitrogens with zero attached hydrogens (tertiary/aromatic N) is 2. The Balaban J connectivity index is 2.64. The molecule has 0 spiro atoms. The summed E-state index contributed by atoms with van der Waals surface area (Å²) in [7, 11) is 1.99. The fourth-order valence-corrected chi connectivity index (χ4v) is 1.36. The van der Waals surface area contributed by atoms with Gasteiger partial charge in [0.1, 0.15) is 0 Å². The minimum Gasteiger partial charge on any atom is -0.272 e. The van der Waals surface area contributed by atoms with E-state index in [1.165, 1.54) is 11.4 Å². The van der Waals surface area contributed by atoms with Crippen LogP contribution in [-0.2, 0) is 19.9 Å². The number of hydrogen-bond acceptors (Lipinski definition) is 1. The van der Waals surface area contributed by atoms with E-state index in [2.05, 4.69) is 18.1 Å². The van der Waals surface area contributed by atoms with E-state index in [0.717, 1.165) is 25.1 Å². The molecule has 1 aromatic rings. The van der Waals surface area contributed by atoms with E-state index in [4.69, 9.17) is 11.6 Å². The van der Waals surface area contributed by atoms with Crippen molar-refractivity contribution in [3.8, 4) is 0 Å². The average molecular weight is 187 g/mol. The molecule has 1 rings (SSSR count). The smallest absolute Gasteiger partial charge is 0.0624 e. The molecule has 0 N–H and O–H groups in total. The van der Waals surface area contributed by atoms with Gasteiger partial charge in [0.05, 0.1) is 5.69 Å². The SMILES string of the molecule is CCc1cc(CCCCl)n(C)n1. The molecular formula is C9H15ClN2. The van der Waals surface area contributed by atoms with Gasteiger partial charge in [-0.2, -0.15) is 5.10 Å². The lowest BCUT2D eigenvalue weighted by Crippen LogP contribution is -1.98. The molecule has 0 saturated carbocycles. The van der Waals surface area contributed by atoms with Crippen molar-refractivity contribution in [3.63, 3.8) is 0 Å². The first-order chi connectivity index (χ1) is 5.77. The van der Waals surface area contributed by atoms with Gasteiger partial charge in [-0.1, -0.05) is 6.92 Å². The molecule has 0 radical (unpaired) electrons. The van der Waals surface area contributed by atoms with E-state index in [0.29, 0.717) is 0 Å². The number of alkyl halides is 1. The molecule has 68 valence electrons. The summed E-state index contributed by atoms with van der Waals surface area (Å²) in [6.45, 7) is 2.12. The Kier molecular flexibility index (Phi) is 3.60. The lowest BCUT2D eigenvalue weighted by atomic mass is 10.2. The molecule has 0 aromatic carbocycles. The van der Waals surface area contributed by atoms with Gasteiger partial charge in [0.15, 0.2) is 0 Å². The van der Waals surface area contributed by atoms with Crippen molar-refractivity contribution >= 4 is 11.6 Å². The summed E-state index contributed by atoms with van der Waals surface area (Å²) in [4.78, 5) is 0. The first-order valence-electron chi connectivity index (χ1n) is 4.35. The zero-order valence-corrected chi connectivity index (χ0v) is 8.43. The molecule has 0 unspecified atom stereocenters. The molecule has 0 fully saturated rings. The third-order valence-electron chi connectivity index (χ3n) is 1.96. The molecule has 3 heteroatoms. The van der Waals surface area contributed by atoms with Crippen LogP contribution in [0, 0.1) is 0 Å². The Labute approximate surface area is 78.5 Å². The Morgan fingerprint density at radius 1 is 1.58 bits per heavy atom. The molecule has 0 saturated heterocycles. The molecule has 0 amide bonds. The van der Waals surface area contributed by atoms with E-state index in [1.807, 2.05) is 11.7 Å². The van der Waals surface area contributed by atoms with Crippen LogP contribution < -0.4 is 0 Å². The fourth-order valence-electron chi connectivity index (χ4n) is 1.23. The van der Waals surface area contributed by atoms with Crippen LogP contribution in [0.5, 0.6) is 0 Å². The van der Waals surface area contributed by atoms with Crippen molar-refractivity contribution in [3.05, 3.63) is 17.5 Å². The maximum absolute atomic E-state index is 5.61. The van der Waals surface area contributed by atoms with Crippen LogP contribution in [0.25, 0.3) is 0 Å². The number of rotatable bonds is 4. The van der Waals surface area contributed by atoms with Gasteiger partial charge in [0.2, 0.25) is 0 Å². The van der Waals surface area contributed by atoms with Crippen molar-refractivity contribution < 1.29 is 0 Å². The molecule has 12 heavy (non-hydrogen) atoms. The predicted octanol–water partition coefficient (Wildman–Crippen LogP) is 2.15. The highest BCUT2D eigenvalue weighted by Gasteiger charge is 2.02. The number of halogens is 1. The van der Waals surface area contributed by atoms with E-state index in [1.54, 1.807) is 0 Å². The summed E-state index contributed by atoms with van der Waals surface area (Å²) >= 11 is 5.61. The second-order valence-electron chi connectivity index (χ2n) is 2.90. The lowest BCUT2D eigenvalue weighted by Gasteiger charge is -1.97. The van der Waals surface area contributed by atoms with Crippen molar-refractivity contribution in [1.29, 1.82) is 0 Å². The molecule has 2 nitrogen and oxygen atoms in total. The normalized spacial score (nSPS) is 10.6. The first-order valence-corrected chi connectivity index (χ1v) is 4.89. The summed E-state index contributed by atoms with van der Waals surface area (Å²) in [6, 6.07) is 2.16. The van der Waals surface area contributed by atoms with Crippen LogP contribution >= 0.6 is 11.6 Å². The second kappa shape index (κ2) is 4.51. The molecule has 1 heterocycles. The number of hydrogen-bond donors (Lipinski definition) is 0. The third kappa shape index (κ3) is 2.24. The lowest BCUT2D eigenvalue weighted by molar-refractivity contribution is 0.689. The van der Waals surface area contributed by atoms with Gasteiger partial charge in [-0.05, 0) is 25.3 Å². The standard InChI is InChI=1S/C9H15ClN2/c1-3-8-7-9(5-4-6-10)12(2)11-8/h7H,3-6H2,1-2H3. The highest BCUT2D eigenvalue weighted by atomic mass is 35.5. The average Bonchev–Trinajstić information content (AvgIpc) is 2.43.